The molecule has 0 aliphatic heterocycles. The van der Waals surface area contributed by atoms with Crippen LogP contribution in [-0.4, -0.2) is 30.8 Å². The van der Waals surface area contributed by atoms with Gasteiger partial charge in [-0.1, -0.05) is 12.8 Å². The van der Waals surface area contributed by atoms with Crippen molar-refractivity contribution in [3.63, 3.8) is 0 Å². The van der Waals surface area contributed by atoms with Crippen LogP contribution in [0.1, 0.15) is 39.0 Å². The Morgan fingerprint density at radius 1 is 1.35 bits per heavy atom. The average Bonchev–Trinajstić information content (AvgIpc) is 2.99. The molecule has 2 aliphatic carbocycles. The maximum atomic E-state index is 5.94. The Labute approximate surface area is 120 Å². The second-order valence-corrected chi connectivity index (χ2v) is 5.91. The summed E-state index contributed by atoms with van der Waals surface area (Å²) in [5, 5.41) is 3.65. The van der Waals surface area contributed by atoms with Gasteiger partial charge in [0.05, 0.1) is 25.1 Å². The van der Waals surface area contributed by atoms with E-state index < -0.39 is 0 Å². The minimum Gasteiger partial charge on any atom is -0.481 e. The van der Waals surface area contributed by atoms with Crippen LogP contribution < -0.4 is 10.1 Å². The molecule has 1 N–H and O–H groups in total. The van der Waals surface area contributed by atoms with Gasteiger partial charge in [0.1, 0.15) is 0 Å². The van der Waals surface area contributed by atoms with E-state index in [0.29, 0.717) is 23.4 Å². The molecule has 1 aromatic heterocycles. The monoisotopic (exact) mass is 276 g/mol. The van der Waals surface area contributed by atoms with Gasteiger partial charge in [0.15, 0.2) is 0 Å². The molecule has 0 bridgehead atoms. The normalized spacial score (nSPS) is 27.3. The van der Waals surface area contributed by atoms with Crippen molar-refractivity contribution < 1.29 is 9.47 Å². The first-order valence-electron chi connectivity index (χ1n) is 7.66. The van der Waals surface area contributed by atoms with E-state index >= 15 is 0 Å². The van der Waals surface area contributed by atoms with Crippen LogP contribution in [0.15, 0.2) is 18.3 Å². The highest BCUT2D eigenvalue weighted by molar-refractivity contribution is 5.44. The number of hydrogen-bond donors (Lipinski definition) is 1. The molecule has 2 saturated carbocycles. The minimum absolute atomic E-state index is 0.357. The lowest BCUT2D eigenvalue weighted by molar-refractivity contribution is -0.114. The molecule has 0 amide bonds. The fourth-order valence-electron chi connectivity index (χ4n) is 3.88. The van der Waals surface area contributed by atoms with Gasteiger partial charge in [-0.05, 0) is 32.3 Å². The zero-order valence-electron chi connectivity index (χ0n) is 12.4. The van der Waals surface area contributed by atoms with Gasteiger partial charge in [-0.15, -0.1) is 0 Å². The number of hydrogen-bond acceptors (Lipinski definition) is 4. The third-order valence-electron chi connectivity index (χ3n) is 4.97. The first kappa shape index (κ1) is 13.7. The number of pyridine rings is 1. The van der Waals surface area contributed by atoms with Gasteiger partial charge in [0, 0.05) is 24.1 Å². The molecule has 1 aromatic rings. The number of aromatic nitrogens is 1. The van der Waals surface area contributed by atoms with E-state index in [1.54, 1.807) is 7.11 Å². The molecule has 20 heavy (non-hydrogen) atoms. The maximum absolute atomic E-state index is 5.94. The summed E-state index contributed by atoms with van der Waals surface area (Å²) in [6.45, 7) is 2.92. The van der Waals surface area contributed by atoms with Crippen molar-refractivity contribution in [1.82, 2.24) is 4.98 Å². The van der Waals surface area contributed by atoms with E-state index in [4.69, 9.17) is 9.47 Å². The molecule has 4 heteroatoms. The van der Waals surface area contributed by atoms with Crippen molar-refractivity contribution in [2.75, 3.05) is 19.0 Å². The zero-order chi connectivity index (χ0) is 14.0. The number of ether oxygens (including phenoxy) is 2. The molecule has 2 unspecified atom stereocenters. The van der Waals surface area contributed by atoms with Gasteiger partial charge in [-0.3, -0.25) is 0 Å². The highest BCUT2D eigenvalue weighted by Gasteiger charge is 2.56. The lowest BCUT2D eigenvalue weighted by Crippen LogP contribution is -2.60. The van der Waals surface area contributed by atoms with Gasteiger partial charge >= 0.3 is 0 Å². The van der Waals surface area contributed by atoms with Crippen LogP contribution in [0.25, 0.3) is 0 Å². The van der Waals surface area contributed by atoms with Crippen LogP contribution >= 0.6 is 0 Å². The van der Waals surface area contributed by atoms with Crippen LogP contribution in [0.4, 0.5) is 5.69 Å². The van der Waals surface area contributed by atoms with E-state index in [-0.39, 0.29) is 0 Å². The summed E-state index contributed by atoms with van der Waals surface area (Å²) in [6.07, 6.45) is 8.66. The summed E-state index contributed by atoms with van der Waals surface area (Å²) in [5.41, 5.74) is 1.44. The number of anilines is 1. The standard InChI is InChI=1S/C16H24N2O2/c1-3-20-14-10-13(16(14)8-4-5-9-16)18-12-6-7-15(19-2)17-11-12/h6-7,11,13-14,18H,3-5,8-10H2,1-2H3. The molecule has 0 saturated heterocycles. The van der Waals surface area contributed by atoms with Gasteiger partial charge in [-0.25, -0.2) is 4.98 Å². The van der Waals surface area contributed by atoms with Crippen LogP contribution in [0.3, 0.4) is 0 Å². The van der Waals surface area contributed by atoms with Crippen LogP contribution in [0.2, 0.25) is 0 Å². The van der Waals surface area contributed by atoms with Gasteiger partial charge in [-0.2, -0.15) is 0 Å². The summed E-state index contributed by atoms with van der Waals surface area (Å²) >= 11 is 0. The quantitative estimate of drug-likeness (QED) is 0.896. The molecule has 110 valence electrons. The Kier molecular flexibility index (Phi) is 3.83. The second-order valence-electron chi connectivity index (χ2n) is 5.91. The molecule has 2 fully saturated rings. The number of nitrogens with one attached hydrogen (secondary N) is 1. The van der Waals surface area contributed by atoms with E-state index in [0.717, 1.165) is 18.7 Å². The molecule has 1 heterocycles. The minimum atomic E-state index is 0.357. The maximum Gasteiger partial charge on any atom is 0.213 e. The summed E-state index contributed by atoms with van der Waals surface area (Å²) < 4.78 is 11.0. The van der Waals surface area contributed by atoms with Crippen LogP contribution in [0.5, 0.6) is 5.88 Å². The Balaban J connectivity index is 1.67. The molecule has 3 rings (SSSR count). The van der Waals surface area contributed by atoms with E-state index in [9.17, 15) is 0 Å². The van der Waals surface area contributed by atoms with Crippen LogP contribution in [-0.2, 0) is 4.74 Å². The largest absolute Gasteiger partial charge is 0.481 e. The van der Waals surface area contributed by atoms with Crippen molar-refractivity contribution in [3.05, 3.63) is 18.3 Å². The van der Waals surface area contributed by atoms with E-state index in [2.05, 4.69) is 17.2 Å². The fourth-order valence-corrected chi connectivity index (χ4v) is 3.88. The Morgan fingerprint density at radius 3 is 2.75 bits per heavy atom. The Morgan fingerprint density at radius 2 is 2.15 bits per heavy atom. The van der Waals surface area contributed by atoms with E-state index in [1.807, 2.05) is 18.3 Å². The third kappa shape index (κ3) is 2.26. The summed E-state index contributed by atoms with van der Waals surface area (Å²) in [6, 6.07) is 4.47. The third-order valence-corrected chi connectivity index (χ3v) is 4.97. The predicted molar refractivity (Wildman–Crippen MR) is 79.1 cm³/mol. The fraction of sp³-hybridized carbons (Fsp3) is 0.688. The smallest absolute Gasteiger partial charge is 0.213 e. The van der Waals surface area contributed by atoms with Crippen molar-refractivity contribution in [1.29, 1.82) is 0 Å². The topological polar surface area (TPSA) is 43.4 Å². The van der Waals surface area contributed by atoms with Gasteiger partial charge < -0.3 is 14.8 Å². The van der Waals surface area contributed by atoms with Crippen molar-refractivity contribution in [2.24, 2.45) is 5.41 Å². The molecule has 1 spiro atoms. The summed E-state index contributed by atoms with van der Waals surface area (Å²) in [7, 11) is 1.64. The molecule has 2 atom stereocenters. The number of rotatable bonds is 5. The Hall–Kier alpha value is -1.29. The number of methoxy groups -OCH3 is 1. The zero-order valence-corrected chi connectivity index (χ0v) is 12.4. The average molecular weight is 276 g/mol. The molecule has 4 nitrogen and oxygen atoms in total. The molecular weight excluding hydrogens is 252 g/mol. The Bertz CT molecular complexity index is 440. The van der Waals surface area contributed by atoms with Gasteiger partial charge in [0.25, 0.3) is 0 Å². The molecule has 0 radical (unpaired) electrons. The first-order valence-corrected chi connectivity index (χ1v) is 7.66. The molecule has 2 aliphatic rings. The highest BCUT2D eigenvalue weighted by Crippen LogP contribution is 2.55. The van der Waals surface area contributed by atoms with Crippen LogP contribution in [0, 0.1) is 5.41 Å². The molecular formula is C16H24N2O2. The lowest BCUT2D eigenvalue weighted by Gasteiger charge is -2.54. The van der Waals surface area contributed by atoms with Crippen molar-refractivity contribution in [3.8, 4) is 5.88 Å². The highest BCUT2D eigenvalue weighted by atomic mass is 16.5. The predicted octanol–water partition coefficient (Wildman–Crippen LogP) is 3.24. The van der Waals surface area contributed by atoms with Crippen molar-refractivity contribution in [2.45, 2.75) is 51.2 Å². The van der Waals surface area contributed by atoms with Crippen molar-refractivity contribution >= 4 is 5.69 Å². The van der Waals surface area contributed by atoms with Gasteiger partial charge in [0.2, 0.25) is 5.88 Å². The SMILES string of the molecule is CCOC1CC(Nc2ccc(OC)nc2)C12CCCC2. The summed E-state index contributed by atoms with van der Waals surface area (Å²) in [5.74, 6) is 0.659. The lowest BCUT2D eigenvalue weighted by atomic mass is 9.60. The molecule has 0 aromatic carbocycles. The van der Waals surface area contributed by atoms with E-state index in [1.165, 1.54) is 25.7 Å². The summed E-state index contributed by atoms with van der Waals surface area (Å²) in [4.78, 5) is 4.26. The first-order chi connectivity index (χ1) is 9.78. The number of nitrogens with zero attached hydrogens (tertiary/aromatic N) is 1. The second kappa shape index (κ2) is 5.60.